The van der Waals surface area contributed by atoms with Crippen LogP contribution in [-0.4, -0.2) is 64.3 Å². The van der Waals surface area contributed by atoms with Crippen molar-refractivity contribution in [3.63, 3.8) is 0 Å². The van der Waals surface area contributed by atoms with Crippen molar-refractivity contribution < 1.29 is 18.7 Å². The maximum absolute atomic E-state index is 15.1. The van der Waals surface area contributed by atoms with E-state index in [1.807, 2.05) is 12.1 Å². The van der Waals surface area contributed by atoms with E-state index in [0.29, 0.717) is 23.7 Å². The van der Waals surface area contributed by atoms with Crippen LogP contribution in [0.25, 0.3) is 11.2 Å². The van der Waals surface area contributed by atoms with Gasteiger partial charge in [-0.15, -0.1) is 5.10 Å². The number of amides is 1. The number of pyridine rings is 2. The minimum atomic E-state index is -0.644. The summed E-state index contributed by atoms with van der Waals surface area (Å²) in [5, 5.41) is 11.0. The lowest BCUT2D eigenvalue weighted by atomic mass is 10.0. The van der Waals surface area contributed by atoms with Gasteiger partial charge in [0.15, 0.2) is 11.4 Å². The molecule has 0 unspecified atom stereocenters. The van der Waals surface area contributed by atoms with Crippen molar-refractivity contribution in [2.24, 2.45) is 0 Å². The molecule has 0 bridgehead atoms. The number of hydrogen-bond donors (Lipinski definition) is 2. The van der Waals surface area contributed by atoms with Crippen molar-refractivity contribution in [2.75, 3.05) is 37.5 Å². The van der Waals surface area contributed by atoms with Crippen LogP contribution in [0.5, 0.6) is 11.6 Å². The van der Waals surface area contributed by atoms with Crippen LogP contribution in [-0.2, 0) is 0 Å². The van der Waals surface area contributed by atoms with Crippen LogP contribution in [0, 0.1) is 12.7 Å². The number of piperidine rings is 1. The summed E-state index contributed by atoms with van der Waals surface area (Å²) in [5.74, 6) is -0.775. The highest BCUT2D eigenvalue weighted by Gasteiger charge is 2.28. The smallest absolute Gasteiger partial charge is 0.274 e. The molecule has 1 aliphatic heterocycles. The highest BCUT2D eigenvalue weighted by atomic mass is 19.1. The zero-order chi connectivity index (χ0) is 25.7. The fourth-order valence-electron chi connectivity index (χ4n) is 5.12. The van der Waals surface area contributed by atoms with Gasteiger partial charge in [0, 0.05) is 43.6 Å². The van der Waals surface area contributed by atoms with Gasteiger partial charge < -0.3 is 29.4 Å². The second-order valence-electron chi connectivity index (χ2n) is 9.75. The van der Waals surface area contributed by atoms with E-state index < -0.39 is 11.7 Å². The Labute approximate surface area is 213 Å². The Balaban J connectivity index is 1.31. The monoisotopic (exact) mass is 507 g/mol. The Morgan fingerprint density at radius 1 is 1.08 bits per heavy atom. The lowest BCUT2D eigenvalue weighted by Gasteiger charge is -2.34. The first-order valence-corrected chi connectivity index (χ1v) is 12.6. The standard InChI is InChI=1S/C26H30FN7O3/c1-15-13-33-14-18(24(37-3)23(27)25(33)28-15)30-26(35)20-7-6-19(21-12-22(36-2)31-34(20)21)32-10-8-17(9-11-32)29-16-4-5-16/h6-7,12-14,16-17,29H,4-5,8-11H2,1-3H3,(H,30,35). The number of nitrogens with zero attached hydrogens (tertiary/aromatic N) is 5. The van der Waals surface area contributed by atoms with E-state index >= 15 is 4.39 Å². The van der Waals surface area contributed by atoms with E-state index in [1.165, 1.54) is 24.4 Å². The topological polar surface area (TPSA) is 97.4 Å². The number of anilines is 2. The third-order valence-electron chi connectivity index (χ3n) is 7.12. The third kappa shape index (κ3) is 4.33. The number of fused-ring (bicyclic) bond motifs is 2. The van der Waals surface area contributed by atoms with Gasteiger partial charge >= 0.3 is 0 Å². The van der Waals surface area contributed by atoms with Gasteiger partial charge in [0.2, 0.25) is 11.7 Å². The Bertz CT molecular complexity index is 1480. The summed E-state index contributed by atoms with van der Waals surface area (Å²) >= 11 is 0. The van der Waals surface area contributed by atoms with E-state index in [4.69, 9.17) is 9.47 Å². The van der Waals surface area contributed by atoms with Gasteiger partial charge in [-0.2, -0.15) is 4.39 Å². The van der Waals surface area contributed by atoms with Gasteiger partial charge in [-0.25, -0.2) is 9.50 Å². The molecule has 1 aliphatic carbocycles. The number of nitrogens with one attached hydrogen (secondary N) is 2. The number of carbonyl (C=O) groups excluding carboxylic acids is 1. The van der Waals surface area contributed by atoms with E-state index in [1.54, 1.807) is 37.0 Å². The van der Waals surface area contributed by atoms with Crippen molar-refractivity contribution in [3.05, 3.63) is 47.8 Å². The molecule has 37 heavy (non-hydrogen) atoms. The van der Waals surface area contributed by atoms with Crippen LogP contribution in [0.15, 0.2) is 30.6 Å². The maximum Gasteiger partial charge on any atom is 0.274 e. The van der Waals surface area contributed by atoms with Gasteiger partial charge in [-0.3, -0.25) is 4.79 Å². The number of hydrogen-bond acceptors (Lipinski definition) is 7. The zero-order valence-electron chi connectivity index (χ0n) is 21.1. The van der Waals surface area contributed by atoms with Crippen LogP contribution in [0.1, 0.15) is 41.9 Å². The SMILES string of the molecule is COc1cc2c(N3CCC(NC4CC4)CC3)ccc(C(=O)Nc3cn4cc(C)nc4c(F)c3OC)n2n1. The number of aryl methyl sites for hydroxylation is 1. The van der Waals surface area contributed by atoms with E-state index in [2.05, 4.69) is 25.6 Å². The maximum atomic E-state index is 15.1. The van der Waals surface area contributed by atoms with Crippen LogP contribution in [0.2, 0.25) is 0 Å². The zero-order valence-corrected chi connectivity index (χ0v) is 21.1. The normalized spacial score (nSPS) is 16.5. The molecule has 1 saturated carbocycles. The lowest BCUT2D eigenvalue weighted by Crippen LogP contribution is -2.43. The van der Waals surface area contributed by atoms with E-state index in [-0.39, 0.29) is 22.8 Å². The molecule has 6 rings (SSSR count). The largest absolute Gasteiger partial charge is 0.491 e. The molecule has 2 N–H and O–H groups in total. The predicted octanol–water partition coefficient (Wildman–Crippen LogP) is 3.42. The first-order chi connectivity index (χ1) is 17.9. The second-order valence-corrected chi connectivity index (χ2v) is 9.75. The molecule has 10 nitrogen and oxygen atoms in total. The van der Waals surface area contributed by atoms with Crippen LogP contribution in [0.3, 0.4) is 0 Å². The molecule has 0 aromatic carbocycles. The Morgan fingerprint density at radius 3 is 2.54 bits per heavy atom. The molecular weight excluding hydrogens is 477 g/mol. The number of carbonyl (C=O) groups is 1. The summed E-state index contributed by atoms with van der Waals surface area (Å²) in [4.78, 5) is 20.0. The van der Waals surface area contributed by atoms with Gasteiger partial charge in [-0.05, 0) is 44.7 Å². The molecule has 194 valence electrons. The number of imidazole rings is 1. The number of ether oxygens (including phenoxy) is 2. The average molecular weight is 508 g/mol. The molecule has 1 saturated heterocycles. The molecule has 2 fully saturated rings. The Morgan fingerprint density at radius 2 is 1.84 bits per heavy atom. The van der Waals surface area contributed by atoms with Crippen molar-refractivity contribution in [1.29, 1.82) is 0 Å². The third-order valence-corrected chi connectivity index (χ3v) is 7.12. The Kier molecular flexibility index (Phi) is 5.86. The first-order valence-electron chi connectivity index (χ1n) is 12.6. The molecule has 0 spiro atoms. The van der Waals surface area contributed by atoms with Crippen LogP contribution >= 0.6 is 0 Å². The summed E-state index contributed by atoms with van der Waals surface area (Å²) in [6, 6.07) is 6.77. The molecule has 2 aliphatic rings. The summed E-state index contributed by atoms with van der Waals surface area (Å²) < 4.78 is 28.8. The molecular formula is C26H30FN7O3. The van der Waals surface area contributed by atoms with Crippen molar-refractivity contribution in [2.45, 2.75) is 44.7 Å². The summed E-state index contributed by atoms with van der Waals surface area (Å²) in [7, 11) is 2.90. The molecule has 4 aromatic heterocycles. The summed E-state index contributed by atoms with van der Waals surface area (Å²) in [6.07, 6.45) is 7.98. The van der Waals surface area contributed by atoms with E-state index in [0.717, 1.165) is 37.1 Å². The Hall–Kier alpha value is -3.86. The van der Waals surface area contributed by atoms with Crippen molar-refractivity contribution in [1.82, 2.24) is 24.3 Å². The highest BCUT2D eigenvalue weighted by Crippen LogP contribution is 2.33. The number of methoxy groups -OCH3 is 2. The first kappa shape index (κ1) is 23.5. The summed E-state index contributed by atoms with van der Waals surface area (Å²) in [6.45, 7) is 3.60. The lowest BCUT2D eigenvalue weighted by molar-refractivity contribution is 0.101. The van der Waals surface area contributed by atoms with Crippen LogP contribution in [0.4, 0.5) is 15.8 Å². The fraction of sp³-hybridized carbons (Fsp3) is 0.423. The minimum absolute atomic E-state index is 0.0833. The molecule has 11 heteroatoms. The molecule has 0 atom stereocenters. The number of halogens is 1. The highest BCUT2D eigenvalue weighted by molar-refractivity contribution is 6.05. The average Bonchev–Trinajstić information content (AvgIpc) is 3.46. The van der Waals surface area contributed by atoms with Crippen LogP contribution < -0.4 is 25.0 Å². The van der Waals surface area contributed by atoms with Crippen molar-refractivity contribution in [3.8, 4) is 11.6 Å². The molecule has 5 heterocycles. The second kappa shape index (κ2) is 9.22. The molecule has 0 radical (unpaired) electrons. The van der Waals surface area contributed by atoms with Gasteiger partial charge in [0.1, 0.15) is 11.4 Å². The fourth-order valence-corrected chi connectivity index (χ4v) is 5.12. The molecule has 1 amide bonds. The van der Waals surface area contributed by atoms with Gasteiger partial charge in [0.05, 0.1) is 31.1 Å². The molecule has 4 aromatic rings. The number of aromatic nitrogens is 4. The quantitative estimate of drug-likeness (QED) is 0.396. The predicted molar refractivity (Wildman–Crippen MR) is 138 cm³/mol. The van der Waals surface area contributed by atoms with E-state index in [9.17, 15) is 4.79 Å². The van der Waals surface area contributed by atoms with Gasteiger partial charge in [0.25, 0.3) is 5.91 Å². The van der Waals surface area contributed by atoms with Gasteiger partial charge in [-0.1, -0.05) is 0 Å². The summed E-state index contributed by atoms with van der Waals surface area (Å²) in [5.41, 5.74) is 3.03. The number of rotatable bonds is 7. The minimum Gasteiger partial charge on any atom is -0.491 e. The van der Waals surface area contributed by atoms with Crippen molar-refractivity contribution >= 4 is 28.4 Å².